The largest absolute Gasteiger partial charge is 0.445 e. The molecule has 448 valence electrons. The monoisotopic (exact) mass is 1120 g/mol. The third-order valence-corrected chi connectivity index (χ3v) is 15.7. The first-order valence-electron chi connectivity index (χ1n) is 28.3. The molecule has 1 heterocycles. The molecule has 12 atom stereocenters. The lowest BCUT2D eigenvalue weighted by Gasteiger charge is -2.41. The zero-order chi connectivity index (χ0) is 60.1. The van der Waals surface area contributed by atoms with E-state index in [4.69, 9.17) is 19.9 Å². The molecule has 3 rings (SSSR count). The Morgan fingerprint density at radius 3 is 1.93 bits per heavy atom. The van der Waals surface area contributed by atoms with Gasteiger partial charge in [-0.05, 0) is 79.5 Å². The molecule has 1 saturated heterocycles. The number of hydrogen-bond acceptors (Lipinski definition) is 12. The van der Waals surface area contributed by atoms with Crippen LogP contribution in [0.15, 0.2) is 54.6 Å². The van der Waals surface area contributed by atoms with Gasteiger partial charge in [0.1, 0.15) is 24.7 Å². The predicted molar refractivity (Wildman–Crippen MR) is 306 cm³/mol. The van der Waals surface area contributed by atoms with E-state index in [1.165, 1.54) is 26.2 Å². The van der Waals surface area contributed by atoms with Crippen molar-refractivity contribution < 1.29 is 57.7 Å². The molecule has 12 unspecified atom stereocenters. The van der Waals surface area contributed by atoms with E-state index in [9.17, 15) is 43.5 Å². The van der Waals surface area contributed by atoms with E-state index in [-0.39, 0.29) is 61.5 Å². The molecule has 21 heteroatoms. The molecular formula is C59H95N9O12. The number of nitrogens with one attached hydrogen (secondary N) is 5. The van der Waals surface area contributed by atoms with Crippen LogP contribution in [0.5, 0.6) is 0 Å². The summed E-state index contributed by atoms with van der Waals surface area (Å²) >= 11 is 0. The first-order chi connectivity index (χ1) is 37.7. The standard InChI is InChI=1S/C59H95N9O12/c1-16-37(8)50(46(78-14)32-47(69)68-31-21-25-45(68)52(79-15)39(10)54(72)62-40(11)51(70)42-22-18-17-19-23-42)66(12)57(75)48(35(4)5)65-56(74)49(36(6)7)67(13)59(77)80-33-41-26-28-43(29-27-41)63-55(73)44(24-20-30-61-58(60)76)64-53(71)38(9)34(2)3/h17-19,22-23,26-29,34-40,44-46,48-52,70H,16,20-21,24-25,30-33H2,1-15H3,(H,62,72)(H,63,73)(H,64,71)(H,65,74)(H3,60,61,76). The van der Waals surface area contributed by atoms with Gasteiger partial charge in [0.2, 0.25) is 35.4 Å². The highest BCUT2D eigenvalue weighted by Gasteiger charge is 2.44. The molecule has 0 bridgehead atoms. The summed E-state index contributed by atoms with van der Waals surface area (Å²) in [6.45, 7) is 20.8. The van der Waals surface area contributed by atoms with Crippen LogP contribution >= 0.6 is 0 Å². The number of rotatable bonds is 31. The lowest BCUT2D eigenvalue weighted by Crippen LogP contribution is -2.60. The number of hydrogen-bond donors (Lipinski definition) is 7. The number of primary amides is 1. The van der Waals surface area contributed by atoms with Crippen LogP contribution in [-0.2, 0) is 49.6 Å². The number of carbonyl (C=O) groups excluding carboxylic acids is 8. The molecule has 21 nitrogen and oxygen atoms in total. The number of nitrogens with zero attached hydrogens (tertiary/aromatic N) is 3. The lowest BCUT2D eigenvalue weighted by molar-refractivity contribution is -0.148. The van der Waals surface area contributed by atoms with E-state index in [1.54, 1.807) is 87.9 Å². The summed E-state index contributed by atoms with van der Waals surface area (Å²) in [5.41, 5.74) is 6.87. The Labute approximate surface area is 474 Å². The van der Waals surface area contributed by atoms with Crippen LogP contribution < -0.4 is 32.3 Å². The predicted octanol–water partition coefficient (Wildman–Crippen LogP) is 5.74. The van der Waals surface area contributed by atoms with Crippen LogP contribution in [0.25, 0.3) is 0 Å². The van der Waals surface area contributed by atoms with Gasteiger partial charge >= 0.3 is 12.1 Å². The van der Waals surface area contributed by atoms with Crippen molar-refractivity contribution in [2.75, 3.05) is 46.7 Å². The number of urea groups is 1. The van der Waals surface area contributed by atoms with E-state index in [2.05, 4.69) is 26.6 Å². The van der Waals surface area contributed by atoms with E-state index in [0.717, 1.165) is 0 Å². The first kappa shape index (κ1) is 68.0. The molecule has 9 amide bonds. The second-order valence-corrected chi connectivity index (χ2v) is 22.5. The highest BCUT2D eigenvalue weighted by Crippen LogP contribution is 2.30. The molecule has 80 heavy (non-hydrogen) atoms. The zero-order valence-electron chi connectivity index (χ0n) is 50.1. The summed E-state index contributed by atoms with van der Waals surface area (Å²) in [6, 6.07) is 10.4. The van der Waals surface area contributed by atoms with Crippen LogP contribution in [-0.4, -0.2) is 157 Å². The van der Waals surface area contributed by atoms with E-state index < -0.39 is 102 Å². The molecule has 1 fully saturated rings. The number of aliphatic hydroxyl groups is 1. The van der Waals surface area contributed by atoms with Gasteiger partial charge in [-0.15, -0.1) is 0 Å². The smallest absolute Gasteiger partial charge is 0.410 e. The average molecular weight is 1120 g/mol. The second kappa shape index (κ2) is 32.8. The number of benzene rings is 2. The Balaban J connectivity index is 1.70. The van der Waals surface area contributed by atoms with E-state index >= 15 is 0 Å². The Bertz CT molecular complexity index is 2320. The SMILES string of the molecule is CCC(C)C(C(CC(=O)N1CCCC1C(OC)C(C)C(=O)NC(C)C(O)c1ccccc1)OC)N(C)C(=O)C(NC(=O)C(C(C)C)N(C)C(=O)OCc1ccc(NC(=O)C(CCCNC(N)=O)NC(=O)C(C)C(C)C)cc1)C(C)C. The quantitative estimate of drug-likeness (QED) is 0.0445. The third kappa shape index (κ3) is 19.5. The molecule has 0 saturated carbocycles. The van der Waals surface area contributed by atoms with Crippen molar-refractivity contribution >= 4 is 53.3 Å². The van der Waals surface area contributed by atoms with Gasteiger partial charge in [0.05, 0.1) is 48.8 Å². The highest BCUT2D eigenvalue weighted by atomic mass is 16.6. The number of likely N-dealkylation sites (N-methyl/N-ethyl adjacent to an activating group) is 2. The van der Waals surface area contributed by atoms with Crippen molar-refractivity contribution in [2.45, 2.75) is 176 Å². The summed E-state index contributed by atoms with van der Waals surface area (Å²) in [5.74, 6) is -4.12. The summed E-state index contributed by atoms with van der Waals surface area (Å²) in [5, 5.41) is 25.0. The molecular weight excluding hydrogens is 1030 g/mol. The second-order valence-electron chi connectivity index (χ2n) is 22.5. The molecule has 2 aromatic carbocycles. The van der Waals surface area contributed by atoms with Crippen molar-refractivity contribution in [3.8, 4) is 0 Å². The Morgan fingerprint density at radius 1 is 0.750 bits per heavy atom. The number of aliphatic hydroxyl groups excluding tert-OH is 1. The number of likely N-dealkylation sites (tertiary alicyclic amines) is 1. The fourth-order valence-corrected chi connectivity index (χ4v) is 10.2. The minimum absolute atomic E-state index is 0.0484. The molecule has 1 aliphatic heterocycles. The Hall–Kier alpha value is -6.32. The van der Waals surface area contributed by atoms with Gasteiger partial charge in [0.25, 0.3) is 0 Å². The van der Waals surface area contributed by atoms with Crippen LogP contribution in [0.4, 0.5) is 15.3 Å². The fourth-order valence-electron chi connectivity index (χ4n) is 10.2. The number of ether oxygens (including phenoxy) is 3. The highest BCUT2D eigenvalue weighted by molar-refractivity contribution is 5.97. The number of methoxy groups -OCH3 is 2. The van der Waals surface area contributed by atoms with Gasteiger partial charge in [-0.2, -0.15) is 0 Å². The summed E-state index contributed by atoms with van der Waals surface area (Å²) in [4.78, 5) is 113. The van der Waals surface area contributed by atoms with Crippen LogP contribution in [0, 0.1) is 35.5 Å². The topological polar surface area (TPSA) is 280 Å². The summed E-state index contributed by atoms with van der Waals surface area (Å²) in [7, 11) is 6.14. The molecule has 0 spiro atoms. The van der Waals surface area contributed by atoms with Crippen molar-refractivity contribution in [3.05, 3.63) is 65.7 Å². The molecule has 0 aliphatic carbocycles. The van der Waals surface area contributed by atoms with Gasteiger partial charge < -0.3 is 61.4 Å². The maximum absolute atomic E-state index is 14.7. The maximum atomic E-state index is 14.7. The van der Waals surface area contributed by atoms with E-state index in [0.29, 0.717) is 49.0 Å². The molecule has 8 N–H and O–H groups in total. The van der Waals surface area contributed by atoms with Crippen LogP contribution in [0.2, 0.25) is 0 Å². The number of anilines is 1. The summed E-state index contributed by atoms with van der Waals surface area (Å²) in [6.07, 6.45) is -0.609. The molecule has 0 aromatic heterocycles. The molecule has 2 aromatic rings. The minimum atomic E-state index is -1.04. The van der Waals surface area contributed by atoms with Gasteiger partial charge in [-0.3, -0.25) is 33.7 Å². The number of amides is 9. The Kier molecular flexibility index (Phi) is 27.9. The van der Waals surface area contributed by atoms with Crippen LogP contribution in [0.1, 0.15) is 132 Å². The average Bonchev–Trinajstić information content (AvgIpc) is 3.91. The molecule has 0 radical (unpaired) electrons. The number of nitrogens with two attached hydrogens (primary N) is 1. The van der Waals surface area contributed by atoms with Gasteiger partial charge in [0.15, 0.2) is 0 Å². The third-order valence-electron chi connectivity index (χ3n) is 15.7. The Morgan fingerprint density at radius 2 is 1.38 bits per heavy atom. The van der Waals surface area contributed by atoms with Crippen molar-refractivity contribution in [3.63, 3.8) is 0 Å². The maximum Gasteiger partial charge on any atom is 0.410 e. The van der Waals surface area contributed by atoms with Gasteiger partial charge in [-0.1, -0.05) is 118 Å². The van der Waals surface area contributed by atoms with Crippen molar-refractivity contribution in [1.82, 2.24) is 36.0 Å². The zero-order valence-corrected chi connectivity index (χ0v) is 50.1. The van der Waals surface area contributed by atoms with Gasteiger partial charge in [-0.25, -0.2) is 9.59 Å². The van der Waals surface area contributed by atoms with Crippen LogP contribution in [0.3, 0.4) is 0 Å². The lowest BCUT2D eigenvalue weighted by atomic mass is 9.89. The minimum Gasteiger partial charge on any atom is -0.445 e. The summed E-state index contributed by atoms with van der Waals surface area (Å²) < 4.78 is 17.7. The number of carbonyl (C=O) groups is 8. The van der Waals surface area contributed by atoms with Crippen molar-refractivity contribution in [1.29, 1.82) is 0 Å². The first-order valence-corrected chi connectivity index (χ1v) is 28.3. The van der Waals surface area contributed by atoms with E-state index in [1.807, 2.05) is 59.7 Å². The van der Waals surface area contributed by atoms with Crippen molar-refractivity contribution in [2.24, 2.45) is 41.2 Å². The molecule has 1 aliphatic rings. The fraction of sp³-hybridized carbons (Fsp3) is 0.661. The van der Waals surface area contributed by atoms with Gasteiger partial charge in [0, 0.05) is 53.0 Å². The normalized spacial score (nSPS) is 17.6.